The van der Waals surface area contributed by atoms with Crippen molar-refractivity contribution < 1.29 is 9.53 Å². The van der Waals surface area contributed by atoms with Crippen molar-refractivity contribution in [3.8, 4) is 0 Å². The van der Waals surface area contributed by atoms with E-state index in [9.17, 15) is 4.79 Å². The summed E-state index contributed by atoms with van der Waals surface area (Å²) in [5.41, 5.74) is 2.05. The van der Waals surface area contributed by atoms with Gasteiger partial charge in [-0.25, -0.2) is 0 Å². The number of hydrogen-bond acceptors (Lipinski definition) is 2. The molecule has 1 atom stereocenters. The minimum atomic E-state index is -0.401. The Hall–Kier alpha value is -1.35. The van der Waals surface area contributed by atoms with Crippen LogP contribution in [0.3, 0.4) is 0 Å². The van der Waals surface area contributed by atoms with Gasteiger partial charge in [-0.15, -0.1) is 0 Å². The van der Waals surface area contributed by atoms with Crippen molar-refractivity contribution in [3.63, 3.8) is 0 Å². The van der Waals surface area contributed by atoms with Crippen LogP contribution in [0.2, 0.25) is 0 Å². The number of alkyl halides is 1. The summed E-state index contributed by atoms with van der Waals surface area (Å²) in [5.74, 6) is -0.240. The highest BCUT2D eigenvalue weighted by Gasteiger charge is 2.20. The first kappa shape index (κ1) is 13.1. The lowest BCUT2D eigenvalue weighted by molar-refractivity contribution is -0.142. The molecule has 0 aliphatic rings. The number of fused-ring (bicyclic) bond motifs is 1. The predicted molar refractivity (Wildman–Crippen MR) is 77.0 cm³/mol. The summed E-state index contributed by atoms with van der Waals surface area (Å²) < 4.78 is 5.04. The number of carbonyl (C=O) groups is 1. The van der Waals surface area contributed by atoms with Crippen LogP contribution in [0.1, 0.15) is 22.9 Å². The first-order valence-electron chi connectivity index (χ1n) is 5.93. The smallest absolute Gasteiger partial charge is 0.324 e. The number of benzene rings is 2. The van der Waals surface area contributed by atoms with Gasteiger partial charge in [0.25, 0.3) is 0 Å². The highest BCUT2D eigenvalue weighted by atomic mass is 79.9. The second-order valence-electron chi connectivity index (χ2n) is 4.17. The fourth-order valence-corrected chi connectivity index (χ4v) is 2.61. The minimum Gasteiger partial charge on any atom is -0.465 e. The number of esters is 1. The molecule has 3 heteroatoms. The lowest BCUT2D eigenvalue weighted by atomic mass is 10.00. The fraction of sp³-hybridized carbons (Fsp3) is 0.267. The van der Waals surface area contributed by atoms with E-state index >= 15 is 0 Å². The monoisotopic (exact) mass is 306 g/mol. The van der Waals surface area contributed by atoms with E-state index < -0.39 is 4.83 Å². The highest BCUT2D eigenvalue weighted by Crippen LogP contribution is 2.30. The van der Waals surface area contributed by atoms with E-state index in [1.807, 2.05) is 38.1 Å². The van der Waals surface area contributed by atoms with E-state index in [-0.39, 0.29) is 5.97 Å². The molecule has 0 aliphatic heterocycles. The molecule has 0 fully saturated rings. The van der Waals surface area contributed by atoms with Crippen LogP contribution in [0.5, 0.6) is 0 Å². The van der Waals surface area contributed by atoms with Gasteiger partial charge in [-0.1, -0.05) is 46.3 Å². The zero-order chi connectivity index (χ0) is 13.1. The molecule has 2 aromatic carbocycles. The molecule has 0 radical (unpaired) electrons. The van der Waals surface area contributed by atoms with Crippen LogP contribution in [0.15, 0.2) is 36.4 Å². The maximum absolute atomic E-state index is 11.8. The first-order valence-corrected chi connectivity index (χ1v) is 6.85. The molecular formula is C15H15BrO2. The lowest BCUT2D eigenvalue weighted by Gasteiger charge is -2.13. The van der Waals surface area contributed by atoms with Gasteiger partial charge in [0, 0.05) is 0 Å². The maximum Gasteiger partial charge on any atom is 0.324 e. The van der Waals surface area contributed by atoms with E-state index in [1.54, 1.807) is 0 Å². The van der Waals surface area contributed by atoms with Gasteiger partial charge in [-0.3, -0.25) is 4.79 Å². The van der Waals surface area contributed by atoms with Crippen LogP contribution in [0, 0.1) is 6.92 Å². The normalized spacial score (nSPS) is 12.4. The number of halogens is 1. The lowest BCUT2D eigenvalue weighted by Crippen LogP contribution is -2.11. The summed E-state index contributed by atoms with van der Waals surface area (Å²) in [6, 6.07) is 12.3. The van der Waals surface area contributed by atoms with Crippen molar-refractivity contribution in [3.05, 3.63) is 47.5 Å². The van der Waals surface area contributed by atoms with Gasteiger partial charge in [0.1, 0.15) is 4.83 Å². The molecule has 94 valence electrons. The van der Waals surface area contributed by atoms with Crippen molar-refractivity contribution in [1.29, 1.82) is 0 Å². The van der Waals surface area contributed by atoms with E-state index in [1.165, 1.54) is 5.39 Å². The Balaban J connectivity index is 2.44. The van der Waals surface area contributed by atoms with Gasteiger partial charge in [-0.05, 0) is 41.8 Å². The van der Waals surface area contributed by atoms with Gasteiger partial charge in [0.2, 0.25) is 0 Å². The number of ether oxygens (including phenoxy) is 1. The summed E-state index contributed by atoms with van der Waals surface area (Å²) in [5, 5.41) is 2.31. The molecule has 0 N–H and O–H groups in total. The molecule has 2 aromatic rings. The summed E-state index contributed by atoms with van der Waals surface area (Å²) >= 11 is 3.41. The van der Waals surface area contributed by atoms with Crippen LogP contribution in [-0.2, 0) is 9.53 Å². The van der Waals surface area contributed by atoms with E-state index in [4.69, 9.17) is 4.74 Å². The van der Waals surface area contributed by atoms with Crippen LogP contribution in [-0.4, -0.2) is 12.6 Å². The van der Waals surface area contributed by atoms with E-state index in [0.29, 0.717) is 6.61 Å². The van der Waals surface area contributed by atoms with Crippen molar-refractivity contribution >= 4 is 32.7 Å². The molecule has 0 heterocycles. The number of carbonyl (C=O) groups excluding carboxylic acids is 1. The second kappa shape index (κ2) is 5.53. The molecule has 0 spiro atoms. The molecule has 0 saturated heterocycles. The van der Waals surface area contributed by atoms with Crippen LogP contribution in [0.4, 0.5) is 0 Å². The second-order valence-corrected chi connectivity index (χ2v) is 5.09. The third kappa shape index (κ3) is 2.56. The minimum absolute atomic E-state index is 0.240. The Labute approximate surface area is 115 Å². The van der Waals surface area contributed by atoms with Gasteiger partial charge in [0.05, 0.1) is 6.61 Å². The van der Waals surface area contributed by atoms with Crippen molar-refractivity contribution in [1.82, 2.24) is 0 Å². The molecule has 2 nitrogen and oxygen atoms in total. The van der Waals surface area contributed by atoms with Crippen molar-refractivity contribution in [2.24, 2.45) is 0 Å². The molecule has 0 saturated carbocycles. The summed E-state index contributed by atoms with van der Waals surface area (Å²) in [4.78, 5) is 11.4. The Morgan fingerprint density at radius 3 is 2.50 bits per heavy atom. The molecule has 0 aromatic heterocycles. The van der Waals surface area contributed by atoms with Crippen LogP contribution in [0.25, 0.3) is 10.8 Å². The Morgan fingerprint density at radius 1 is 1.28 bits per heavy atom. The molecule has 18 heavy (non-hydrogen) atoms. The molecule has 1 unspecified atom stereocenters. The summed E-state index contributed by atoms with van der Waals surface area (Å²) in [7, 11) is 0. The molecule has 0 bridgehead atoms. The Bertz CT molecular complexity index is 578. The van der Waals surface area contributed by atoms with E-state index in [0.717, 1.165) is 16.5 Å². The summed E-state index contributed by atoms with van der Waals surface area (Å²) in [6.07, 6.45) is 0. The van der Waals surface area contributed by atoms with Crippen molar-refractivity contribution in [2.45, 2.75) is 18.7 Å². The molecular weight excluding hydrogens is 292 g/mol. The predicted octanol–water partition coefficient (Wildman–Crippen LogP) is 4.15. The topological polar surface area (TPSA) is 26.3 Å². The van der Waals surface area contributed by atoms with Gasteiger partial charge in [-0.2, -0.15) is 0 Å². The number of aryl methyl sites for hydroxylation is 1. The van der Waals surface area contributed by atoms with Crippen molar-refractivity contribution in [2.75, 3.05) is 6.61 Å². The molecule has 2 rings (SSSR count). The van der Waals surface area contributed by atoms with Crippen LogP contribution >= 0.6 is 15.9 Å². The Morgan fingerprint density at radius 2 is 1.89 bits per heavy atom. The number of rotatable bonds is 3. The first-order chi connectivity index (χ1) is 8.63. The van der Waals surface area contributed by atoms with Crippen LogP contribution < -0.4 is 0 Å². The Kier molecular flexibility index (Phi) is 4.02. The van der Waals surface area contributed by atoms with Gasteiger partial charge < -0.3 is 4.74 Å². The largest absolute Gasteiger partial charge is 0.465 e. The SMILES string of the molecule is CCOC(=O)C(Br)c1cc2ccccc2cc1C. The standard InChI is InChI=1S/C15H15BrO2/c1-3-18-15(17)14(16)13-9-12-7-5-4-6-11(12)8-10(13)2/h4-9,14H,3H2,1-2H3. The fourth-order valence-electron chi connectivity index (χ4n) is 1.99. The third-order valence-corrected chi connectivity index (χ3v) is 3.77. The zero-order valence-corrected chi connectivity index (χ0v) is 12.0. The van der Waals surface area contributed by atoms with Gasteiger partial charge in [0.15, 0.2) is 0 Å². The van der Waals surface area contributed by atoms with Gasteiger partial charge >= 0.3 is 5.97 Å². The average molecular weight is 307 g/mol. The average Bonchev–Trinajstić information content (AvgIpc) is 2.37. The zero-order valence-electron chi connectivity index (χ0n) is 10.4. The highest BCUT2D eigenvalue weighted by molar-refractivity contribution is 9.09. The van der Waals surface area contributed by atoms with E-state index in [2.05, 4.69) is 28.1 Å². The number of hydrogen-bond donors (Lipinski definition) is 0. The third-order valence-electron chi connectivity index (χ3n) is 2.90. The summed E-state index contributed by atoms with van der Waals surface area (Å²) in [6.45, 7) is 4.22. The molecule has 0 aliphatic carbocycles. The maximum atomic E-state index is 11.8. The quantitative estimate of drug-likeness (QED) is 0.629. The molecule has 0 amide bonds.